The van der Waals surface area contributed by atoms with Crippen molar-refractivity contribution in [3.05, 3.63) is 53.6 Å². The Hall–Kier alpha value is -3.21. The molecule has 0 saturated carbocycles. The Morgan fingerprint density at radius 2 is 1.88 bits per heavy atom. The number of unbranched alkanes of at least 4 members (excludes halogenated alkanes) is 1. The number of hydrogen-bond donors (Lipinski definition) is 2. The number of carbonyl (C=O) groups excluding carboxylic acids is 4. The average Bonchev–Trinajstić information content (AvgIpc) is 3.31. The first-order chi connectivity index (χ1) is 19.3. The number of allylic oxidation sites excluding steroid dienone is 1. The number of hydrogen-bond acceptors (Lipinski definition) is 7. The van der Waals surface area contributed by atoms with Crippen LogP contribution in [-0.2, 0) is 28.7 Å². The number of cyclic esters (lactones) is 1. The van der Waals surface area contributed by atoms with Gasteiger partial charge in [0.2, 0.25) is 11.8 Å². The molecule has 0 aromatic heterocycles. The predicted molar refractivity (Wildman–Crippen MR) is 146 cm³/mol. The fourth-order valence-corrected chi connectivity index (χ4v) is 6.27. The van der Waals surface area contributed by atoms with E-state index in [4.69, 9.17) is 21.1 Å². The number of anilines is 1. The zero-order valence-corrected chi connectivity index (χ0v) is 23.1. The van der Waals surface area contributed by atoms with Crippen LogP contribution in [0, 0.1) is 11.8 Å². The minimum Gasteiger partial charge on any atom is -0.460 e. The maximum absolute atomic E-state index is 14.3. The van der Waals surface area contributed by atoms with Gasteiger partial charge in [0.25, 0.3) is 5.91 Å². The van der Waals surface area contributed by atoms with Crippen LogP contribution in [0.25, 0.3) is 0 Å². The van der Waals surface area contributed by atoms with Crippen LogP contribution < -0.4 is 10.2 Å². The van der Waals surface area contributed by atoms with Gasteiger partial charge in [-0.05, 0) is 50.5 Å². The number of carbonyl (C=O) groups is 4. The summed E-state index contributed by atoms with van der Waals surface area (Å²) in [7, 11) is 0. The smallest absolute Gasteiger partial charge is 0.313 e. The predicted octanol–water partition coefficient (Wildman–Crippen LogP) is 1.99. The number of amides is 3. The van der Waals surface area contributed by atoms with Crippen LogP contribution in [0.3, 0.4) is 0 Å². The maximum atomic E-state index is 14.3. The Balaban J connectivity index is 1.57. The molecular formula is C29H34ClN3O7. The third-order valence-corrected chi connectivity index (χ3v) is 8.23. The Morgan fingerprint density at radius 1 is 1.10 bits per heavy atom. The van der Waals surface area contributed by atoms with Crippen LogP contribution in [0.15, 0.2) is 48.6 Å². The number of aliphatic hydroxyl groups excluding tert-OH is 1. The second-order valence-electron chi connectivity index (χ2n) is 10.7. The molecule has 4 heterocycles. The molecule has 1 aromatic rings. The van der Waals surface area contributed by atoms with Gasteiger partial charge in [-0.15, -0.1) is 0 Å². The Bertz CT molecular complexity index is 1220. The molecule has 4 aliphatic heterocycles. The fourth-order valence-electron chi connectivity index (χ4n) is 6.15. The lowest BCUT2D eigenvalue weighted by molar-refractivity contribution is -0.158. The molecule has 40 heavy (non-hydrogen) atoms. The molecule has 1 aromatic carbocycles. The summed E-state index contributed by atoms with van der Waals surface area (Å²) in [5.41, 5.74) is -0.776. The van der Waals surface area contributed by atoms with Crippen LogP contribution in [0.1, 0.15) is 32.6 Å². The summed E-state index contributed by atoms with van der Waals surface area (Å²) >= 11 is 6.08. The van der Waals surface area contributed by atoms with Crippen LogP contribution in [0.5, 0.6) is 0 Å². The van der Waals surface area contributed by atoms with Gasteiger partial charge < -0.3 is 29.7 Å². The number of nitrogens with zero attached hydrogens (tertiary/aromatic N) is 2. The van der Waals surface area contributed by atoms with Crippen molar-refractivity contribution in [1.82, 2.24) is 10.2 Å². The zero-order chi connectivity index (χ0) is 28.4. The fraction of sp³-hybridized carbons (Fsp3) is 0.517. The van der Waals surface area contributed by atoms with E-state index in [1.165, 1.54) is 4.90 Å². The minimum absolute atomic E-state index is 0.0429. The van der Waals surface area contributed by atoms with Gasteiger partial charge in [-0.3, -0.25) is 19.2 Å². The number of benzene rings is 1. The number of ether oxygens (including phenoxy) is 2. The van der Waals surface area contributed by atoms with Gasteiger partial charge >= 0.3 is 5.97 Å². The van der Waals surface area contributed by atoms with Gasteiger partial charge in [0.1, 0.15) is 23.7 Å². The van der Waals surface area contributed by atoms with E-state index in [2.05, 4.69) is 5.32 Å². The van der Waals surface area contributed by atoms with E-state index >= 15 is 0 Å². The molecule has 1 spiro atoms. The molecule has 2 N–H and O–H groups in total. The highest BCUT2D eigenvalue weighted by atomic mass is 35.5. The number of fused-ring (bicyclic) bond motifs is 2. The van der Waals surface area contributed by atoms with Crippen molar-refractivity contribution in [2.24, 2.45) is 11.8 Å². The third kappa shape index (κ3) is 5.15. The normalized spacial score (nSPS) is 33.2. The van der Waals surface area contributed by atoms with Crippen molar-refractivity contribution in [2.45, 2.75) is 56.5 Å². The van der Waals surface area contributed by atoms with Crippen molar-refractivity contribution in [3.8, 4) is 0 Å². The van der Waals surface area contributed by atoms with Gasteiger partial charge in [0, 0.05) is 36.8 Å². The lowest BCUT2D eigenvalue weighted by atomic mass is 9.78. The maximum Gasteiger partial charge on any atom is 0.313 e. The monoisotopic (exact) mass is 571 g/mol. The summed E-state index contributed by atoms with van der Waals surface area (Å²) in [5.74, 6) is -3.41. The molecular weight excluding hydrogens is 538 g/mol. The molecule has 3 amide bonds. The van der Waals surface area contributed by atoms with E-state index in [1.807, 2.05) is 0 Å². The van der Waals surface area contributed by atoms with Crippen molar-refractivity contribution in [1.29, 1.82) is 0 Å². The molecule has 11 heteroatoms. The van der Waals surface area contributed by atoms with Gasteiger partial charge in [-0.2, -0.15) is 0 Å². The van der Waals surface area contributed by atoms with E-state index in [0.29, 0.717) is 30.0 Å². The molecule has 4 aliphatic rings. The summed E-state index contributed by atoms with van der Waals surface area (Å²) in [5, 5.41) is 12.7. The standard InChI is InChI=1S/C29H34ClN3O7/c1-18-17-31-22(35)8-3-2-7-21-23(28(38)39-18)24-26(36)33(14-4-5-16-34)25-27(37)32(15-6-13-29(24,25)40-21)20-11-9-19(30)10-12-20/h2,6-7,9-13,18,21,23-25,34H,3-5,8,14-17H2,1H3,(H,31,35)/b7-2-/t18-,21-,23+,24+,25-,29+/m0/s1. The van der Waals surface area contributed by atoms with Crippen molar-refractivity contribution >= 4 is 41.0 Å². The summed E-state index contributed by atoms with van der Waals surface area (Å²) in [6.45, 7) is 2.26. The lowest BCUT2D eigenvalue weighted by Gasteiger charge is -2.35. The largest absolute Gasteiger partial charge is 0.460 e. The van der Waals surface area contributed by atoms with Crippen molar-refractivity contribution in [3.63, 3.8) is 0 Å². The molecule has 0 radical (unpaired) electrons. The second kappa shape index (κ2) is 11.7. The SMILES string of the molecule is C[C@H]1CNC(=O)CC/C=C\[C@@H]2O[C@@]34C=CCN(c5ccc(Cl)cc5)C(=O)[C@@H]3N(CCCCO)C(=O)[C@H]4[C@@H]2C(=O)O1. The van der Waals surface area contributed by atoms with E-state index in [-0.39, 0.29) is 50.4 Å². The van der Waals surface area contributed by atoms with Crippen molar-refractivity contribution in [2.75, 3.05) is 31.1 Å². The number of nitrogens with one attached hydrogen (secondary N) is 1. The number of likely N-dealkylation sites (tertiary alicyclic amines) is 1. The molecule has 0 bridgehead atoms. The first-order valence-corrected chi connectivity index (χ1v) is 14.1. The topological polar surface area (TPSA) is 125 Å². The van der Waals surface area contributed by atoms with E-state index < -0.39 is 41.7 Å². The van der Waals surface area contributed by atoms with E-state index in [0.717, 1.165) is 0 Å². The Kier molecular flexibility index (Phi) is 8.30. The van der Waals surface area contributed by atoms with Crippen LogP contribution >= 0.6 is 11.6 Å². The average molecular weight is 572 g/mol. The Labute approximate surface area is 237 Å². The number of rotatable bonds is 5. The minimum atomic E-state index is -1.40. The van der Waals surface area contributed by atoms with Gasteiger partial charge in [0.15, 0.2) is 0 Å². The highest BCUT2D eigenvalue weighted by Gasteiger charge is 2.71. The summed E-state index contributed by atoms with van der Waals surface area (Å²) in [6.07, 6.45) is 7.25. The quantitative estimate of drug-likeness (QED) is 0.314. The van der Waals surface area contributed by atoms with Crippen molar-refractivity contribution < 1.29 is 33.8 Å². The molecule has 6 atom stereocenters. The second-order valence-corrected chi connectivity index (χ2v) is 11.1. The summed E-state index contributed by atoms with van der Waals surface area (Å²) in [4.78, 5) is 57.3. The number of halogens is 1. The van der Waals surface area contributed by atoms with Crippen LogP contribution in [0.4, 0.5) is 5.69 Å². The first kappa shape index (κ1) is 28.3. The van der Waals surface area contributed by atoms with E-state index in [1.54, 1.807) is 60.4 Å². The van der Waals surface area contributed by atoms with Gasteiger partial charge in [0.05, 0.1) is 18.6 Å². The molecule has 2 fully saturated rings. The van der Waals surface area contributed by atoms with Crippen LogP contribution in [0.2, 0.25) is 5.02 Å². The first-order valence-electron chi connectivity index (χ1n) is 13.7. The molecule has 0 unspecified atom stereocenters. The molecule has 2 saturated heterocycles. The molecule has 10 nitrogen and oxygen atoms in total. The van der Waals surface area contributed by atoms with Gasteiger partial charge in [-0.1, -0.05) is 35.9 Å². The highest BCUT2D eigenvalue weighted by Crippen LogP contribution is 2.53. The lowest BCUT2D eigenvalue weighted by Crippen LogP contribution is -2.55. The van der Waals surface area contributed by atoms with Gasteiger partial charge in [-0.25, -0.2) is 0 Å². The molecule has 214 valence electrons. The number of esters is 1. The summed E-state index contributed by atoms with van der Waals surface area (Å²) in [6, 6.07) is 5.86. The van der Waals surface area contributed by atoms with E-state index in [9.17, 15) is 24.3 Å². The zero-order valence-electron chi connectivity index (χ0n) is 22.3. The third-order valence-electron chi connectivity index (χ3n) is 7.98. The molecule has 0 aliphatic carbocycles. The molecule has 5 rings (SSSR count). The van der Waals surface area contributed by atoms with Crippen LogP contribution in [-0.4, -0.2) is 83.8 Å². The number of aliphatic hydroxyl groups is 1. The highest BCUT2D eigenvalue weighted by molar-refractivity contribution is 6.30. The Morgan fingerprint density at radius 3 is 2.62 bits per heavy atom. The summed E-state index contributed by atoms with van der Waals surface area (Å²) < 4.78 is 12.3.